The molecular formula is C10H16N2O2. The second kappa shape index (κ2) is 4.37. The number of rotatable bonds is 4. The predicted octanol–water partition coefficient (Wildman–Crippen LogP) is 1.06. The third-order valence-corrected chi connectivity index (χ3v) is 2.29. The van der Waals surface area contributed by atoms with E-state index in [1.807, 2.05) is 13.8 Å². The van der Waals surface area contributed by atoms with Crippen molar-refractivity contribution in [3.8, 4) is 0 Å². The first-order valence-electron chi connectivity index (χ1n) is 4.62. The minimum Gasteiger partial charge on any atom is -0.379 e. The molecule has 1 heterocycles. The monoisotopic (exact) mass is 196 g/mol. The average molecular weight is 196 g/mol. The minimum absolute atomic E-state index is 0.199. The highest BCUT2D eigenvalue weighted by molar-refractivity contribution is 4.81. The van der Waals surface area contributed by atoms with E-state index in [-0.39, 0.29) is 11.3 Å². The Bertz CT molecular complexity index is 344. The van der Waals surface area contributed by atoms with Gasteiger partial charge in [-0.05, 0) is 26.3 Å². The number of aryl methyl sites for hydroxylation is 1. The fraction of sp³-hybridized carbons (Fsp3) is 0.600. The number of aromatic nitrogens is 2. The van der Waals surface area contributed by atoms with Crippen LogP contribution in [-0.2, 0) is 11.3 Å². The maximum atomic E-state index is 11.2. The van der Waals surface area contributed by atoms with Crippen LogP contribution in [0.1, 0.15) is 20.3 Å². The third-order valence-electron chi connectivity index (χ3n) is 2.29. The van der Waals surface area contributed by atoms with Gasteiger partial charge in [-0.3, -0.25) is 4.57 Å². The maximum Gasteiger partial charge on any atom is 0.347 e. The molecule has 0 aliphatic heterocycles. The Morgan fingerprint density at radius 1 is 1.57 bits per heavy atom. The number of hydrogen-bond acceptors (Lipinski definition) is 3. The fourth-order valence-corrected chi connectivity index (χ4v) is 1.05. The Balaban J connectivity index is 2.63. The third kappa shape index (κ3) is 2.96. The molecule has 0 fully saturated rings. The van der Waals surface area contributed by atoms with Crippen LogP contribution in [0.15, 0.2) is 23.3 Å². The molecule has 1 rings (SSSR count). The van der Waals surface area contributed by atoms with Crippen LogP contribution in [0.3, 0.4) is 0 Å². The largest absolute Gasteiger partial charge is 0.379 e. The van der Waals surface area contributed by atoms with Crippen molar-refractivity contribution in [1.29, 1.82) is 0 Å². The topological polar surface area (TPSA) is 44.1 Å². The molecule has 0 aromatic carbocycles. The Hall–Kier alpha value is -1.16. The molecule has 0 saturated heterocycles. The Morgan fingerprint density at radius 3 is 2.86 bits per heavy atom. The molecule has 0 saturated carbocycles. The van der Waals surface area contributed by atoms with E-state index in [0.717, 1.165) is 6.42 Å². The van der Waals surface area contributed by atoms with Crippen molar-refractivity contribution in [2.24, 2.45) is 0 Å². The van der Waals surface area contributed by atoms with Gasteiger partial charge in [0.15, 0.2) is 0 Å². The molecule has 0 radical (unpaired) electrons. The zero-order valence-electron chi connectivity index (χ0n) is 8.86. The van der Waals surface area contributed by atoms with Gasteiger partial charge in [0.1, 0.15) is 0 Å². The van der Waals surface area contributed by atoms with Gasteiger partial charge in [0.25, 0.3) is 0 Å². The quantitative estimate of drug-likeness (QED) is 0.723. The van der Waals surface area contributed by atoms with Gasteiger partial charge in [0.2, 0.25) is 0 Å². The molecule has 0 aliphatic rings. The second-order valence-electron chi connectivity index (χ2n) is 3.81. The summed E-state index contributed by atoms with van der Waals surface area (Å²) in [4.78, 5) is 14.9. The van der Waals surface area contributed by atoms with E-state index in [9.17, 15) is 4.79 Å². The lowest BCUT2D eigenvalue weighted by molar-refractivity contribution is 0.0118. The minimum atomic E-state index is -0.209. The molecule has 0 amide bonds. The SMILES string of the molecule is COC(C)(C)CCn1cccnc1=O. The molecule has 0 unspecified atom stereocenters. The molecule has 0 atom stereocenters. The van der Waals surface area contributed by atoms with Crippen molar-refractivity contribution in [3.63, 3.8) is 0 Å². The van der Waals surface area contributed by atoms with E-state index in [2.05, 4.69) is 4.98 Å². The summed E-state index contributed by atoms with van der Waals surface area (Å²) in [6, 6.07) is 1.75. The van der Waals surface area contributed by atoms with Gasteiger partial charge in [-0.1, -0.05) is 0 Å². The van der Waals surface area contributed by atoms with Gasteiger partial charge in [-0.25, -0.2) is 9.78 Å². The second-order valence-corrected chi connectivity index (χ2v) is 3.81. The molecule has 4 heteroatoms. The summed E-state index contributed by atoms with van der Waals surface area (Å²) in [6.07, 6.45) is 4.02. The van der Waals surface area contributed by atoms with Crippen LogP contribution in [0, 0.1) is 0 Å². The van der Waals surface area contributed by atoms with Crippen LogP contribution in [0.4, 0.5) is 0 Å². The molecule has 0 spiro atoms. The number of nitrogens with zero attached hydrogens (tertiary/aromatic N) is 2. The number of ether oxygens (including phenoxy) is 1. The van der Waals surface area contributed by atoms with Crippen molar-refractivity contribution < 1.29 is 4.74 Å². The van der Waals surface area contributed by atoms with Gasteiger partial charge in [0.05, 0.1) is 5.60 Å². The lowest BCUT2D eigenvalue weighted by Gasteiger charge is -2.22. The van der Waals surface area contributed by atoms with Crippen LogP contribution < -0.4 is 5.69 Å². The van der Waals surface area contributed by atoms with Crippen LogP contribution in [0.25, 0.3) is 0 Å². The lowest BCUT2D eigenvalue weighted by atomic mass is 10.1. The Labute approximate surface area is 83.5 Å². The summed E-state index contributed by atoms with van der Waals surface area (Å²) in [5.41, 5.74) is -0.408. The molecule has 78 valence electrons. The van der Waals surface area contributed by atoms with Crippen molar-refractivity contribution in [2.45, 2.75) is 32.4 Å². The van der Waals surface area contributed by atoms with Crippen molar-refractivity contribution in [3.05, 3.63) is 28.9 Å². The van der Waals surface area contributed by atoms with Gasteiger partial charge in [0, 0.05) is 26.0 Å². The normalized spacial score (nSPS) is 11.6. The molecule has 1 aromatic rings. The molecule has 0 N–H and O–H groups in total. The highest BCUT2D eigenvalue weighted by atomic mass is 16.5. The molecular weight excluding hydrogens is 180 g/mol. The van der Waals surface area contributed by atoms with Crippen LogP contribution in [0.5, 0.6) is 0 Å². The number of methoxy groups -OCH3 is 1. The lowest BCUT2D eigenvalue weighted by Crippen LogP contribution is -2.28. The molecule has 4 nitrogen and oxygen atoms in total. The van der Waals surface area contributed by atoms with Crippen molar-refractivity contribution >= 4 is 0 Å². The van der Waals surface area contributed by atoms with Gasteiger partial charge >= 0.3 is 5.69 Å². The van der Waals surface area contributed by atoms with E-state index in [4.69, 9.17) is 4.74 Å². The van der Waals surface area contributed by atoms with Crippen molar-refractivity contribution in [1.82, 2.24) is 9.55 Å². The average Bonchev–Trinajstić information content (AvgIpc) is 2.17. The highest BCUT2D eigenvalue weighted by Crippen LogP contribution is 2.13. The first-order chi connectivity index (χ1) is 6.55. The molecule has 14 heavy (non-hydrogen) atoms. The predicted molar refractivity (Wildman–Crippen MR) is 54.2 cm³/mol. The summed E-state index contributed by atoms with van der Waals surface area (Å²) < 4.78 is 6.85. The molecule has 0 bridgehead atoms. The van der Waals surface area contributed by atoms with Crippen molar-refractivity contribution in [2.75, 3.05) is 7.11 Å². The van der Waals surface area contributed by atoms with E-state index >= 15 is 0 Å². The first kappa shape index (κ1) is 10.9. The summed E-state index contributed by atoms with van der Waals surface area (Å²) >= 11 is 0. The van der Waals surface area contributed by atoms with Crippen LogP contribution in [-0.4, -0.2) is 22.3 Å². The Kier molecular flexibility index (Phi) is 3.41. The Morgan fingerprint density at radius 2 is 2.29 bits per heavy atom. The molecule has 0 aliphatic carbocycles. The fourth-order valence-electron chi connectivity index (χ4n) is 1.05. The smallest absolute Gasteiger partial charge is 0.347 e. The zero-order chi connectivity index (χ0) is 10.6. The summed E-state index contributed by atoms with van der Waals surface area (Å²) in [6.45, 7) is 4.62. The van der Waals surface area contributed by atoms with Gasteiger partial charge in [-0.15, -0.1) is 0 Å². The molecule has 1 aromatic heterocycles. The van der Waals surface area contributed by atoms with E-state index in [1.165, 1.54) is 6.20 Å². The summed E-state index contributed by atoms with van der Waals surface area (Å²) in [5.74, 6) is 0. The maximum absolute atomic E-state index is 11.2. The van der Waals surface area contributed by atoms with Gasteiger partial charge in [-0.2, -0.15) is 0 Å². The van der Waals surface area contributed by atoms with Crippen LogP contribution >= 0.6 is 0 Å². The van der Waals surface area contributed by atoms with E-state index < -0.39 is 0 Å². The summed E-state index contributed by atoms with van der Waals surface area (Å²) in [7, 11) is 1.67. The van der Waals surface area contributed by atoms with E-state index in [1.54, 1.807) is 23.9 Å². The number of hydrogen-bond donors (Lipinski definition) is 0. The van der Waals surface area contributed by atoms with Gasteiger partial charge < -0.3 is 4.74 Å². The van der Waals surface area contributed by atoms with E-state index in [0.29, 0.717) is 6.54 Å². The van der Waals surface area contributed by atoms with Crippen LogP contribution in [0.2, 0.25) is 0 Å². The first-order valence-corrected chi connectivity index (χ1v) is 4.62. The zero-order valence-corrected chi connectivity index (χ0v) is 8.86. The summed E-state index contributed by atoms with van der Waals surface area (Å²) in [5, 5.41) is 0. The standard InChI is InChI=1S/C10H16N2O2/c1-10(2,14-3)5-8-12-7-4-6-11-9(12)13/h4,6-7H,5,8H2,1-3H3. The highest BCUT2D eigenvalue weighted by Gasteiger charge is 2.15.